The fraction of sp³-hybridized carbons (Fsp3) is 0.536. The number of rotatable bonds is 9. The number of nitrogens with zero attached hydrogens (tertiary/aromatic N) is 5. The molecule has 3 aromatic rings. The van der Waals surface area contributed by atoms with E-state index in [-0.39, 0.29) is 16.9 Å². The minimum atomic E-state index is -0.358. The van der Waals surface area contributed by atoms with Crippen molar-refractivity contribution in [2.75, 3.05) is 25.2 Å². The number of carbonyl (C=O) groups is 1. The van der Waals surface area contributed by atoms with Crippen LogP contribution in [0.5, 0.6) is 6.01 Å². The zero-order chi connectivity index (χ0) is 25.5. The number of hydrogen-bond donors (Lipinski definition) is 0. The van der Waals surface area contributed by atoms with Gasteiger partial charge in [0, 0.05) is 53.5 Å². The van der Waals surface area contributed by atoms with Gasteiger partial charge in [-0.2, -0.15) is 4.98 Å². The summed E-state index contributed by atoms with van der Waals surface area (Å²) >= 11 is 0. The van der Waals surface area contributed by atoms with Gasteiger partial charge in [-0.1, -0.05) is 18.1 Å². The highest BCUT2D eigenvalue weighted by molar-refractivity contribution is 5.94. The predicted molar refractivity (Wildman–Crippen MR) is 136 cm³/mol. The summed E-state index contributed by atoms with van der Waals surface area (Å²) in [6.07, 6.45) is 10.9. The molecule has 1 aromatic carbocycles. The second-order valence-corrected chi connectivity index (χ2v) is 10.8. The summed E-state index contributed by atoms with van der Waals surface area (Å²) in [5.74, 6) is 1.85. The van der Waals surface area contributed by atoms with Crippen LogP contribution in [0.1, 0.15) is 75.6 Å². The van der Waals surface area contributed by atoms with E-state index in [2.05, 4.69) is 20.1 Å². The predicted octanol–water partition coefficient (Wildman–Crippen LogP) is 5.03. The lowest BCUT2D eigenvalue weighted by Crippen LogP contribution is -2.54. The first kappa shape index (κ1) is 24.0. The minimum Gasteiger partial charge on any atom is -0.467 e. The van der Waals surface area contributed by atoms with E-state index in [1.165, 1.54) is 0 Å². The molecule has 0 unspecified atom stereocenters. The second kappa shape index (κ2) is 9.52. The summed E-state index contributed by atoms with van der Waals surface area (Å²) in [6, 6.07) is 8.28. The molecule has 2 aliphatic carbocycles. The number of amides is 1. The Balaban J connectivity index is 1.22. The van der Waals surface area contributed by atoms with Gasteiger partial charge in [-0.15, -0.1) is 0 Å². The average molecular weight is 504 g/mol. The molecule has 4 aliphatic rings. The van der Waals surface area contributed by atoms with E-state index in [1.54, 1.807) is 7.11 Å². The molecule has 9 nitrogen and oxygen atoms in total. The van der Waals surface area contributed by atoms with E-state index >= 15 is 0 Å². The van der Waals surface area contributed by atoms with Crippen LogP contribution in [0, 0.1) is 5.41 Å². The highest BCUT2D eigenvalue weighted by Gasteiger charge is 2.52. The number of carbonyl (C=O) groups excluding carboxylic acids is 1. The first-order chi connectivity index (χ1) is 18.0. The zero-order valence-electron chi connectivity index (χ0n) is 21.5. The van der Waals surface area contributed by atoms with Crippen molar-refractivity contribution in [2.24, 2.45) is 5.41 Å². The molecule has 2 aliphatic heterocycles. The van der Waals surface area contributed by atoms with Crippen molar-refractivity contribution in [1.29, 1.82) is 0 Å². The number of aromatic nitrogens is 4. The number of benzene rings is 1. The van der Waals surface area contributed by atoms with Crippen LogP contribution < -0.4 is 9.64 Å². The van der Waals surface area contributed by atoms with Gasteiger partial charge in [-0.25, -0.2) is 9.97 Å². The highest BCUT2D eigenvalue weighted by Crippen LogP contribution is 2.54. The quantitative estimate of drug-likeness (QED) is 0.400. The summed E-state index contributed by atoms with van der Waals surface area (Å²) in [6.45, 7) is 3.27. The maximum absolute atomic E-state index is 13.4. The van der Waals surface area contributed by atoms with Crippen LogP contribution in [0.3, 0.4) is 0 Å². The molecule has 9 heteroatoms. The van der Waals surface area contributed by atoms with Gasteiger partial charge < -0.3 is 18.9 Å². The van der Waals surface area contributed by atoms with E-state index in [0.717, 1.165) is 67.6 Å². The Kier molecular flexibility index (Phi) is 6.18. The number of anilines is 1. The maximum atomic E-state index is 13.4. The molecule has 4 fully saturated rings. The van der Waals surface area contributed by atoms with Crippen molar-refractivity contribution in [2.45, 2.75) is 69.8 Å². The van der Waals surface area contributed by atoms with E-state index < -0.39 is 0 Å². The lowest BCUT2D eigenvalue weighted by molar-refractivity contribution is -0.187. The maximum Gasteiger partial charge on any atom is 0.316 e. The van der Waals surface area contributed by atoms with Gasteiger partial charge in [0.05, 0.1) is 19.3 Å². The van der Waals surface area contributed by atoms with E-state index in [9.17, 15) is 4.79 Å². The summed E-state index contributed by atoms with van der Waals surface area (Å²) in [5.41, 5.74) is 2.26. The van der Waals surface area contributed by atoms with E-state index in [1.807, 2.05) is 48.5 Å². The van der Waals surface area contributed by atoms with Crippen molar-refractivity contribution in [3.05, 3.63) is 48.0 Å². The molecule has 194 valence electrons. The number of fused-ring (bicyclic) bond motifs is 3. The van der Waals surface area contributed by atoms with Crippen molar-refractivity contribution in [3.63, 3.8) is 0 Å². The van der Waals surface area contributed by atoms with Crippen molar-refractivity contribution in [3.8, 4) is 17.5 Å². The lowest BCUT2D eigenvalue weighted by atomic mass is 9.64. The molecular formula is C28H33N5O4. The minimum absolute atomic E-state index is 0.0852. The second-order valence-electron chi connectivity index (χ2n) is 10.8. The molecule has 0 atom stereocenters. The first-order valence-corrected chi connectivity index (χ1v) is 13.3. The van der Waals surface area contributed by atoms with Gasteiger partial charge in [0.15, 0.2) is 5.82 Å². The van der Waals surface area contributed by atoms with Crippen LogP contribution in [-0.2, 0) is 15.1 Å². The summed E-state index contributed by atoms with van der Waals surface area (Å²) < 4.78 is 17.2. The Morgan fingerprint density at radius 2 is 1.95 bits per heavy atom. The van der Waals surface area contributed by atoms with Gasteiger partial charge in [0.1, 0.15) is 0 Å². The van der Waals surface area contributed by atoms with Gasteiger partial charge in [-0.05, 0) is 63.1 Å². The molecule has 0 spiro atoms. The van der Waals surface area contributed by atoms with E-state index in [4.69, 9.17) is 14.0 Å². The Morgan fingerprint density at radius 1 is 1.16 bits per heavy atom. The summed E-state index contributed by atoms with van der Waals surface area (Å²) in [5, 5.41) is 4.16. The fourth-order valence-corrected chi connectivity index (χ4v) is 5.67. The Labute approximate surface area is 216 Å². The molecule has 37 heavy (non-hydrogen) atoms. The Morgan fingerprint density at radius 3 is 2.59 bits per heavy atom. The molecule has 2 saturated carbocycles. The molecule has 1 amide bonds. The van der Waals surface area contributed by atoms with Crippen molar-refractivity contribution in [1.82, 2.24) is 20.1 Å². The molecule has 2 bridgehead atoms. The van der Waals surface area contributed by atoms with Crippen molar-refractivity contribution >= 4 is 11.6 Å². The first-order valence-electron chi connectivity index (χ1n) is 13.3. The molecule has 2 saturated heterocycles. The monoisotopic (exact) mass is 503 g/mol. The molecular weight excluding hydrogens is 470 g/mol. The van der Waals surface area contributed by atoms with Crippen LogP contribution in [0.4, 0.5) is 5.69 Å². The van der Waals surface area contributed by atoms with Gasteiger partial charge >= 0.3 is 6.01 Å². The lowest BCUT2D eigenvalue weighted by Gasteiger charge is -2.54. The average Bonchev–Trinajstić information content (AvgIpc) is 3.69. The van der Waals surface area contributed by atoms with Gasteiger partial charge in [-0.3, -0.25) is 4.79 Å². The number of hydrogen-bond acceptors (Lipinski definition) is 8. The Bertz CT molecular complexity index is 1250. The van der Waals surface area contributed by atoms with E-state index in [0.29, 0.717) is 37.4 Å². The zero-order valence-corrected chi connectivity index (χ0v) is 21.5. The highest BCUT2D eigenvalue weighted by atomic mass is 16.5. The third kappa shape index (κ3) is 4.61. The van der Waals surface area contributed by atoms with Crippen LogP contribution in [0.2, 0.25) is 0 Å². The van der Waals surface area contributed by atoms with Crippen molar-refractivity contribution < 1.29 is 18.8 Å². The van der Waals surface area contributed by atoms with Crippen LogP contribution >= 0.6 is 0 Å². The third-order valence-electron chi connectivity index (χ3n) is 8.16. The topological polar surface area (TPSA) is 103 Å². The molecule has 0 radical (unpaired) electrons. The molecule has 0 N–H and O–H groups in total. The Hall–Kier alpha value is -3.33. The van der Waals surface area contributed by atoms with Gasteiger partial charge in [0.25, 0.3) is 5.89 Å². The number of ether oxygens (including phenoxy) is 2. The van der Waals surface area contributed by atoms with Gasteiger partial charge in [0.2, 0.25) is 5.91 Å². The normalized spacial score (nSPS) is 24.7. The third-order valence-corrected chi connectivity index (χ3v) is 8.16. The molecule has 7 rings (SSSR count). The molecule has 2 aromatic heterocycles. The standard InChI is InChI=1S/C28H33N5O4/c1-3-5-23(34)33(22-7-4-6-20(14-22)25-31-24(32-37-25)19-8-9-19)17-27-10-12-28(13-11-27,36-18-27)21-15-29-26(35-2)30-16-21/h4,6-7,14-16,19H,3,5,8-13,17-18H2,1-2H3. The smallest absolute Gasteiger partial charge is 0.316 e. The summed E-state index contributed by atoms with van der Waals surface area (Å²) in [4.78, 5) is 28.5. The number of methoxy groups -OCH3 is 1. The SMILES string of the molecule is CCCC(=O)N(CC12CCC(c3cnc(OC)nc3)(CC1)OC2)c1cccc(-c2nc(C3CC3)no2)c1. The fourth-order valence-electron chi connectivity index (χ4n) is 5.67. The largest absolute Gasteiger partial charge is 0.467 e. The molecule has 4 heterocycles. The van der Waals surface area contributed by atoms with Crippen LogP contribution in [-0.4, -0.2) is 46.3 Å². The van der Waals surface area contributed by atoms with Crippen LogP contribution in [0.25, 0.3) is 11.5 Å². The summed E-state index contributed by atoms with van der Waals surface area (Å²) in [7, 11) is 1.56. The van der Waals surface area contributed by atoms with Crippen LogP contribution in [0.15, 0.2) is 41.2 Å².